The molecule has 184 valence electrons. The van der Waals surface area contributed by atoms with Crippen LogP contribution in [0.25, 0.3) is 11.0 Å². The molecule has 4 heterocycles. The molecule has 3 aromatic rings. The summed E-state index contributed by atoms with van der Waals surface area (Å²) in [5.41, 5.74) is 4.94. The van der Waals surface area contributed by atoms with Crippen LogP contribution in [0.2, 0.25) is 0 Å². The highest BCUT2D eigenvalue weighted by Crippen LogP contribution is 2.23. The fourth-order valence-electron chi connectivity index (χ4n) is 4.59. The van der Waals surface area contributed by atoms with Gasteiger partial charge in [-0.3, -0.25) is 9.69 Å². The Morgan fingerprint density at radius 1 is 1.06 bits per heavy atom. The number of thiocarbonyl (C=S) groups is 1. The number of nitrogens with one attached hydrogen (secondary N) is 2. The van der Waals surface area contributed by atoms with E-state index in [1.54, 1.807) is 31.2 Å². The third-order valence-corrected chi connectivity index (χ3v) is 6.89. The minimum Gasteiger partial charge on any atom is -0.365 e. The lowest BCUT2D eigenvalue weighted by Crippen LogP contribution is -2.46. The summed E-state index contributed by atoms with van der Waals surface area (Å²) < 4.78 is 29.9. The zero-order valence-corrected chi connectivity index (χ0v) is 20.3. The number of aromatic amines is 1. The summed E-state index contributed by atoms with van der Waals surface area (Å²) in [6, 6.07) is 6.89. The van der Waals surface area contributed by atoms with Crippen LogP contribution in [-0.4, -0.2) is 69.1 Å². The van der Waals surface area contributed by atoms with Gasteiger partial charge in [0.1, 0.15) is 21.9 Å². The Morgan fingerprint density at radius 2 is 1.80 bits per heavy atom. The number of hydrogen-bond donors (Lipinski definition) is 2. The van der Waals surface area contributed by atoms with Crippen molar-refractivity contribution in [2.24, 2.45) is 0 Å². The second kappa shape index (κ2) is 9.92. The number of benzene rings is 1. The molecule has 0 bridgehead atoms. The van der Waals surface area contributed by atoms with Crippen LogP contribution in [0.1, 0.15) is 29.8 Å². The predicted molar refractivity (Wildman–Crippen MR) is 134 cm³/mol. The van der Waals surface area contributed by atoms with Crippen molar-refractivity contribution in [3.63, 3.8) is 0 Å². The van der Waals surface area contributed by atoms with Gasteiger partial charge in [-0.1, -0.05) is 18.3 Å². The SMILES string of the molecule is Cc1nc2ccc(CN3CCN(c4ccc(C(=S)NN5CCCC5)nc4F)CC3)c(F)c2[nH]c1=O. The molecule has 5 rings (SSSR count). The van der Waals surface area contributed by atoms with Crippen LogP contribution in [0.15, 0.2) is 29.1 Å². The second-order valence-electron chi connectivity index (χ2n) is 8.99. The third-order valence-electron chi connectivity index (χ3n) is 6.59. The van der Waals surface area contributed by atoms with Crippen LogP contribution in [0.4, 0.5) is 14.5 Å². The summed E-state index contributed by atoms with van der Waals surface area (Å²) in [5, 5.41) is 2.03. The molecule has 2 saturated heterocycles. The molecule has 2 aliphatic rings. The van der Waals surface area contributed by atoms with Gasteiger partial charge in [-0.25, -0.2) is 19.4 Å². The highest BCUT2D eigenvalue weighted by molar-refractivity contribution is 7.80. The number of rotatable bonds is 5. The summed E-state index contributed by atoms with van der Waals surface area (Å²) in [6.07, 6.45) is 2.23. The van der Waals surface area contributed by atoms with Crippen molar-refractivity contribution in [2.45, 2.75) is 26.3 Å². The molecule has 35 heavy (non-hydrogen) atoms. The molecule has 0 unspecified atom stereocenters. The fourth-order valence-corrected chi connectivity index (χ4v) is 4.83. The Balaban J connectivity index is 1.22. The smallest absolute Gasteiger partial charge is 0.269 e. The lowest BCUT2D eigenvalue weighted by atomic mass is 10.1. The zero-order chi connectivity index (χ0) is 24.5. The van der Waals surface area contributed by atoms with E-state index < -0.39 is 17.3 Å². The van der Waals surface area contributed by atoms with Crippen LogP contribution in [0.3, 0.4) is 0 Å². The van der Waals surface area contributed by atoms with Gasteiger partial charge in [0.05, 0.1) is 11.2 Å². The van der Waals surface area contributed by atoms with E-state index in [2.05, 4.69) is 25.3 Å². The van der Waals surface area contributed by atoms with Crippen LogP contribution < -0.4 is 15.9 Å². The first kappa shape index (κ1) is 23.7. The maximum absolute atomic E-state index is 15.0. The standard InChI is InChI=1S/C24H27F2N7OS/c1-15-23(34)29-21-17(27-15)5-4-16(20(21)25)14-31-10-12-32(13-11-31)19-7-6-18(28-22(19)26)24(35)30-33-8-2-3-9-33/h4-7H,2-3,8-14H2,1H3,(H,29,34)(H,30,35). The number of anilines is 1. The largest absolute Gasteiger partial charge is 0.365 e. The Kier molecular flexibility index (Phi) is 6.72. The maximum Gasteiger partial charge on any atom is 0.269 e. The molecule has 2 fully saturated rings. The Morgan fingerprint density at radius 3 is 2.51 bits per heavy atom. The molecule has 1 aromatic carbocycles. The summed E-state index contributed by atoms with van der Waals surface area (Å²) in [4.78, 5) is 27.2. The zero-order valence-electron chi connectivity index (χ0n) is 19.5. The number of aromatic nitrogens is 3. The van der Waals surface area contributed by atoms with Crippen molar-refractivity contribution in [2.75, 3.05) is 44.2 Å². The van der Waals surface area contributed by atoms with Gasteiger partial charge in [0.25, 0.3) is 5.56 Å². The van der Waals surface area contributed by atoms with Gasteiger partial charge >= 0.3 is 0 Å². The van der Waals surface area contributed by atoms with E-state index in [1.807, 2.05) is 9.91 Å². The fraction of sp³-hybridized carbons (Fsp3) is 0.417. The van der Waals surface area contributed by atoms with Crippen LogP contribution in [-0.2, 0) is 6.54 Å². The topological polar surface area (TPSA) is 80.4 Å². The molecule has 2 aliphatic heterocycles. The summed E-state index contributed by atoms with van der Waals surface area (Å²) in [6.45, 7) is 6.26. The first-order valence-electron chi connectivity index (χ1n) is 11.8. The van der Waals surface area contributed by atoms with E-state index in [1.165, 1.54) is 0 Å². The highest BCUT2D eigenvalue weighted by atomic mass is 32.1. The maximum atomic E-state index is 15.0. The molecular weight excluding hydrogens is 472 g/mol. The third kappa shape index (κ3) is 5.02. The molecule has 0 amide bonds. The summed E-state index contributed by atoms with van der Waals surface area (Å²) in [7, 11) is 0. The summed E-state index contributed by atoms with van der Waals surface area (Å²) in [5.74, 6) is -1.01. The molecule has 0 spiro atoms. The first-order valence-corrected chi connectivity index (χ1v) is 12.2. The van der Waals surface area contributed by atoms with Crippen molar-refractivity contribution >= 4 is 33.9 Å². The summed E-state index contributed by atoms with van der Waals surface area (Å²) >= 11 is 5.39. The molecule has 0 saturated carbocycles. The highest BCUT2D eigenvalue weighted by Gasteiger charge is 2.23. The Labute approximate surface area is 206 Å². The Hall–Kier alpha value is -3.02. The van der Waals surface area contributed by atoms with Crippen LogP contribution in [0.5, 0.6) is 0 Å². The minimum atomic E-state index is -0.547. The van der Waals surface area contributed by atoms with Gasteiger partial charge in [-0.05, 0) is 38.0 Å². The molecule has 2 N–H and O–H groups in total. The number of hydrogen-bond acceptors (Lipinski definition) is 7. The molecule has 11 heteroatoms. The molecule has 0 radical (unpaired) electrons. The number of pyridine rings is 1. The van der Waals surface area contributed by atoms with Crippen LogP contribution >= 0.6 is 12.2 Å². The van der Waals surface area contributed by atoms with Gasteiger partial charge in [0.2, 0.25) is 5.95 Å². The van der Waals surface area contributed by atoms with E-state index in [-0.39, 0.29) is 5.52 Å². The molecule has 8 nitrogen and oxygen atoms in total. The molecular formula is C24H27F2N7OS. The van der Waals surface area contributed by atoms with Gasteiger partial charge in [-0.2, -0.15) is 4.39 Å². The number of fused-ring (bicyclic) bond motifs is 1. The van der Waals surface area contributed by atoms with Crippen LogP contribution in [0, 0.1) is 18.7 Å². The quantitative estimate of drug-likeness (QED) is 0.410. The van der Waals surface area contributed by atoms with Crippen molar-refractivity contribution in [1.82, 2.24) is 30.3 Å². The van der Waals surface area contributed by atoms with Crippen molar-refractivity contribution in [3.8, 4) is 0 Å². The first-order chi connectivity index (χ1) is 16.9. The normalized spacial score (nSPS) is 17.3. The van der Waals surface area contributed by atoms with E-state index >= 15 is 4.39 Å². The molecule has 0 atom stereocenters. The van der Waals surface area contributed by atoms with Crippen molar-refractivity contribution < 1.29 is 8.78 Å². The van der Waals surface area contributed by atoms with Crippen molar-refractivity contribution in [1.29, 1.82) is 0 Å². The number of halogens is 2. The van der Waals surface area contributed by atoms with Gasteiger partial charge in [0.15, 0.2) is 5.82 Å². The monoisotopic (exact) mass is 499 g/mol. The number of nitrogens with zero attached hydrogens (tertiary/aromatic N) is 5. The number of piperazine rings is 1. The minimum absolute atomic E-state index is 0.127. The van der Waals surface area contributed by atoms with E-state index in [0.717, 1.165) is 25.9 Å². The lowest BCUT2D eigenvalue weighted by Gasteiger charge is -2.36. The van der Waals surface area contributed by atoms with Gasteiger partial charge in [0, 0.05) is 51.4 Å². The van der Waals surface area contributed by atoms with E-state index in [9.17, 15) is 9.18 Å². The molecule has 0 aliphatic carbocycles. The number of hydrazine groups is 1. The van der Waals surface area contributed by atoms with Crippen molar-refractivity contribution in [3.05, 3.63) is 63.3 Å². The number of H-pyrrole nitrogens is 1. The number of aryl methyl sites for hydroxylation is 1. The van der Waals surface area contributed by atoms with E-state index in [0.29, 0.717) is 65.9 Å². The molecule has 2 aromatic heterocycles. The average molecular weight is 500 g/mol. The average Bonchev–Trinajstić information content (AvgIpc) is 3.36. The predicted octanol–water partition coefficient (Wildman–Crippen LogP) is 2.50. The van der Waals surface area contributed by atoms with E-state index in [4.69, 9.17) is 12.2 Å². The van der Waals surface area contributed by atoms with Gasteiger partial charge < -0.3 is 15.3 Å². The Bertz CT molecular complexity index is 1320. The van der Waals surface area contributed by atoms with Gasteiger partial charge in [-0.15, -0.1) is 0 Å². The second-order valence-corrected chi connectivity index (χ2v) is 9.40. The lowest BCUT2D eigenvalue weighted by molar-refractivity contribution is 0.246.